The molecule has 2 rings (SSSR count). The summed E-state index contributed by atoms with van der Waals surface area (Å²) < 4.78 is 5.45. The van der Waals surface area contributed by atoms with Crippen molar-refractivity contribution in [3.63, 3.8) is 0 Å². The minimum Gasteiger partial charge on any atom is -0.498 e. The summed E-state index contributed by atoms with van der Waals surface area (Å²) in [7, 11) is 0. The van der Waals surface area contributed by atoms with Crippen LogP contribution in [0.25, 0.3) is 0 Å². The van der Waals surface area contributed by atoms with Gasteiger partial charge in [0.2, 0.25) is 0 Å². The van der Waals surface area contributed by atoms with Crippen molar-refractivity contribution in [1.29, 1.82) is 0 Å². The van der Waals surface area contributed by atoms with Crippen LogP contribution in [0.3, 0.4) is 0 Å². The van der Waals surface area contributed by atoms with Crippen molar-refractivity contribution in [2.75, 3.05) is 6.61 Å². The highest BCUT2D eigenvalue weighted by Crippen LogP contribution is 2.30. The number of allylic oxidation sites excluding steroid dienone is 4. The van der Waals surface area contributed by atoms with Crippen molar-refractivity contribution >= 4 is 0 Å². The van der Waals surface area contributed by atoms with E-state index in [1.807, 2.05) is 0 Å². The second kappa shape index (κ2) is 2.49. The van der Waals surface area contributed by atoms with Crippen LogP contribution in [-0.4, -0.2) is 6.61 Å². The maximum Gasteiger partial charge on any atom is 0.0991 e. The number of fused-ring (bicyclic) bond motifs is 1. The summed E-state index contributed by atoms with van der Waals surface area (Å²) in [6.45, 7) is 0.935. The lowest BCUT2D eigenvalue weighted by Crippen LogP contribution is -1.94. The molecule has 1 atom stereocenters. The van der Waals surface area contributed by atoms with Gasteiger partial charge in [0, 0.05) is 5.92 Å². The predicted octanol–water partition coefficient (Wildman–Crippen LogP) is 2.26. The van der Waals surface area contributed by atoms with E-state index >= 15 is 0 Å². The van der Waals surface area contributed by atoms with Crippen molar-refractivity contribution in [2.24, 2.45) is 5.92 Å². The average molecular weight is 136 g/mol. The molecule has 0 spiro atoms. The monoisotopic (exact) mass is 136 g/mol. The smallest absolute Gasteiger partial charge is 0.0991 e. The van der Waals surface area contributed by atoms with Gasteiger partial charge >= 0.3 is 0 Å². The molecule has 0 N–H and O–H groups in total. The molecule has 1 nitrogen and oxygen atoms in total. The maximum absolute atomic E-state index is 5.45. The first-order valence-electron chi connectivity index (χ1n) is 3.96. The van der Waals surface area contributed by atoms with Gasteiger partial charge in [0.25, 0.3) is 0 Å². The van der Waals surface area contributed by atoms with E-state index in [2.05, 4.69) is 18.2 Å². The molecule has 1 fully saturated rings. The number of ether oxygens (including phenoxy) is 1. The first kappa shape index (κ1) is 6.02. The Morgan fingerprint density at radius 1 is 1.40 bits per heavy atom. The molecule has 54 valence electrons. The minimum absolute atomic E-state index is 0.731. The SMILES string of the molecule is C1=CCCC2CCOC2=C1. The van der Waals surface area contributed by atoms with Crippen LogP contribution in [0.2, 0.25) is 0 Å². The molecule has 1 aliphatic carbocycles. The van der Waals surface area contributed by atoms with Gasteiger partial charge in [-0.05, 0) is 25.3 Å². The van der Waals surface area contributed by atoms with E-state index in [9.17, 15) is 0 Å². The Morgan fingerprint density at radius 3 is 3.40 bits per heavy atom. The van der Waals surface area contributed by atoms with Crippen molar-refractivity contribution in [2.45, 2.75) is 19.3 Å². The van der Waals surface area contributed by atoms with Crippen LogP contribution >= 0.6 is 0 Å². The molecule has 1 aliphatic heterocycles. The van der Waals surface area contributed by atoms with Crippen molar-refractivity contribution < 1.29 is 4.74 Å². The van der Waals surface area contributed by atoms with E-state index in [4.69, 9.17) is 4.74 Å². The summed E-state index contributed by atoms with van der Waals surface area (Å²) in [5, 5.41) is 0. The van der Waals surface area contributed by atoms with Crippen LogP contribution in [0.1, 0.15) is 19.3 Å². The molecule has 2 aliphatic rings. The van der Waals surface area contributed by atoms with E-state index in [1.54, 1.807) is 0 Å². The third-order valence-corrected chi connectivity index (χ3v) is 2.22. The number of hydrogen-bond acceptors (Lipinski definition) is 1. The van der Waals surface area contributed by atoms with Crippen LogP contribution in [-0.2, 0) is 4.74 Å². The normalized spacial score (nSPS) is 30.4. The molecule has 0 saturated carbocycles. The third-order valence-electron chi connectivity index (χ3n) is 2.22. The van der Waals surface area contributed by atoms with Crippen LogP contribution in [0.5, 0.6) is 0 Å². The third kappa shape index (κ3) is 0.962. The minimum atomic E-state index is 0.731. The maximum atomic E-state index is 5.45. The highest BCUT2D eigenvalue weighted by Gasteiger charge is 2.21. The Morgan fingerprint density at radius 2 is 2.40 bits per heavy atom. The highest BCUT2D eigenvalue weighted by molar-refractivity contribution is 5.15. The zero-order valence-corrected chi connectivity index (χ0v) is 6.05. The highest BCUT2D eigenvalue weighted by atomic mass is 16.5. The molecule has 1 saturated heterocycles. The second-order valence-electron chi connectivity index (χ2n) is 2.91. The fraction of sp³-hybridized carbons (Fsp3) is 0.556. The molecule has 10 heavy (non-hydrogen) atoms. The van der Waals surface area contributed by atoms with Gasteiger partial charge in [-0.1, -0.05) is 12.2 Å². The van der Waals surface area contributed by atoms with Gasteiger partial charge in [-0.3, -0.25) is 0 Å². The Balaban J connectivity index is 2.18. The van der Waals surface area contributed by atoms with Crippen molar-refractivity contribution in [1.82, 2.24) is 0 Å². The molecular weight excluding hydrogens is 124 g/mol. The standard InChI is InChI=1S/C9H12O/c1-2-4-8-6-7-10-9(8)5-3-1/h1,3,5,8H,2,4,6-7H2. The predicted molar refractivity (Wildman–Crippen MR) is 40.5 cm³/mol. The molecule has 0 aromatic heterocycles. The molecule has 1 unspecified atom stereocenters. The van der Waals surface area contributed by atoms with E-state index in [-0.39, 0.29) is 0 Å². The van der Waals surface area contributed by atoms with E-state index < -0.39 is 0 Å². The molecule has 1 heterocycles. The van der Waals surface area contributed by atoms with Gasteiger partial charge in [0.15, 0.2) is 0 Å². The Bertz CT molecular complexity index is 179. The van der Waals surface area contributed by atoms with E-state index in [0.717, 1.165) is 12.5 Å². The largest absolute Gasteiger partial charge is 0.498 e. The average Bonchev–Trinajstić information content (AvgIpc) is 2.28. The van der Waals surface area contributed by atoms with E-state index in [1.165, 1.54) is 25.0 Å². The summed E-state index contributed by atoms with van der Waals surface area (Å²) in [4.78, 5) is 0. The molecular formula is C9H12O. The first-order valence-corrected chi connectivity index (χ1v) is 3.96. The van der Waals surface area contributed by atoms with Crippen LogP contribution in [0, 0.1) is 5.92 Å². The lowest BCUT2D eigenvalue weighted by atomic mass is 10.0. The topological polar surface area (TPSA) is 9.23 Å². The van der Waals surface area contributed by atoms with Crippen LogP contribution < -0.4 is 0 Å². The van der Waals surface area contributed by atoms with Gasteiger partial charge < -0.3 is 4.74 Å². The fourth-order valence-corrected chi connectivity index (χ4v) is 1.61. The van der Waals surface area contributed by atoms with Gasteiger partial charge in [-0.25, -0.2) is 0 Å². The summed E-state index contributed by atoms with van der Waals surface area (Å²) in [5.74, 6) is 1.95. The Kier molecular flexibility index (Phi) is 1.50. The molecule has 0 radical (unpaired) electrons. The van der Waals surface area contributed by atoms with Crippen molar-refractivity contribution in [3.8, 4) is 0 Å². The zero-order valence-electron chi connectivity index (χ0n) is 6.05. The summed E-state index contributed by atoms with van der Waals surface area (Å²) in [5.41, 5.74) is 0. The lowest BCUT2D eigenvalue weighted by Gasteiger charge is -2.04. The van der Waals surface area contributed by atoms with Gasteiger partial charge in [-0.15, -0.1) is 0 Å². The summed E-state index contributed by atoms with van der Waals surface area (Å²) in [6.07, 6.45) is 10.2. The van der Waals surface area contributed by atoms with Gasteiger partial charge in [0.1, 0.15) is 0 Å². The molecule has 0 aromatic carbocycles. The first-order chi connectivity index (χ1) is 4.97. The van der Waals surface area contributed by atoms with Crippen LogP contribution in [0.4, 0.5) is 0 Å². The van der Waals surface area contributed by atoms with Crippen molar-refractivity contribution in [3.05, 3.63) is 24.0 Å². The molecule has 0 amide bonds. The fourth-order valence-electron chi connectivity index (χ4n) is 1.61. The van der Waals surface area contributed by atoms with Gasteiger partial charge in [-0.2, -0.15) is 0 Å². The lowest BCUT2D eigenvalue weighted by molar-refractivity contribution is 0.258. The van der Waals surface area contributed by atoms with E-state index in [0.29, 0.717) is 0 Å². The summed E-state index contributed by atoms with van der Waals surface area (Å²) in [6, 6.07) is 0. The van der Waals surface area contributed by atoms with Gasteiger partial charge in [0.05, 0.1) is 12.4 Å². The quantitative estimate of drug-likeness (QED) is 0.496. The van der Waals surface area contributed by atoms with Crippen LogP contribution in [0.15, 0.2) is 24.0 Å². The summed E-state index contributed by atoms with van der Waals surface area (Å²) >= 11 is 0. The second-order valence-corrected chi connectivity index (χ2v) is 2.91. The molecule has 0 aromatic rings. The molecule has 0 bridgehead atoms. The zero-order chi connectivity index (χ0) is 6.81. The molecule has 1 heteroatoms. The number of rotatable bonds is 0. The Hall–Kier alpha value is -0.720. The Labute approximate surface area is 61.4 Å². The number of hydrogen-bond donors (Lipinski definition) is 0.